The van der Waals surface area contributed by atoms with Gasteiger partial charge in [0.2, 0.25) is 18.6 Å². The topological polar surface area (TPSA) is 77.1 Å². The van der Waals surface area contributed by atoms with Crippen LogP contribution in [0.4, 0.5) is 5.69 Å². The molecule has 1 saturated heterocycles. The summed E-state index contributed by atoms with van der Waals surface area (Å²) < 4.78 is 16.0. The minimum absolute atomic E-state index is 0.0258. The van der Waals surface area contributed by atoms with Crippen molar-refractivity contribution >= 4 is 28.3 Å². The zero-order valence-corrected chi connectivity index (χ0v) is 18.5. The van der Waals surface area contributed by atoms with Crippen molar-refractivity contribution in [3.05, 3.63) is 60.2 Å². The van der Waals surface area contributed by atoms with E-state index in [1.807, 2.05) is 47.4 Å². The van der Waals surface area contributed by atoms with Crippen molar-refractivity contribution in [3.8, 4) is 17.2 Å². The number of amides is 2. The first kappa shape index (κ1) is 21.1. The highest BCUT2D eigenvalue weighted by atomic mass is 16.7. The lowest BCUT2D eigenvalue weighted by Crippen LogP contribution is -2.42. The molecule has 170 valence electrons. The molecule has 1 N–H and O–H groups in total. The number of ether oxygens (including phenoxy) is 3. The van der Waals surface area contributed by atoms with E-state index in [9.17, 15) is 9.59 Å². The third kappa shape index (κ3) is 4.44. The summed E-state index contributed by atoms with van der Waals surface area (Å²) in [5.74, 6) is 2.03. The Morgan fingerprint density at radius 2 is 1.85 bits per heavy atom. The average Bonchev–Trinajstić information content (AvgIpc) is 3.32. The number of fused-ring (bicyclic) bond motifs is 2. The van der Waals surface area contributed by atoms with E-state index < -0.39 is 0 Å². The van der Waals surface area contributed by atoms with Crippen LogP contribution in [0.25, 0.3) is 10.8 Å². The van der Waals surface area contributed by atoms with Crippen molar-refractivity contribution in [3.63, 3.8) is 0 Å². The molecule has 0 bridgehead atoms. The predicted octanol–water partition coefficient (Wildman–Crippen LogP) is 4.00. The molecule has 0 atom stereocenters. The molecule has 0 unspecified atom stereocenters. The molecule has 1 fully saturated rings. The number of hydrogen-bond donors (Lipinski definition) is 1. The van der Waals surface area contributed by atoms with E-state index in [1.54, 1.807) is 19.2 Å². The smallest absolute Gasteiger partial charge is 0.231 e. The second-order valence-electron chi connectivity index (χ2n) is 8.39. The minimum Gasteiger partial charge on any atom is -0.497 e. The SMILES string of the molecule is COc1ccc2cccc(CC(=O)N3CCC(C(=O)Nc4ccc5c(c4)OCO5)CC3)c2c1. The van der Waals surface area contributed by atoms with Crippen LogP contribution in [0.1, 0.15) is 18.4 Å². The van der Waals surface area contributed by atoms with Gasteiger partial charge in [0.1, 0.15) is 5.75 Å². The Morgan fingerprint density at radius 1 is 1.03 bits per heavy atom. The number of carbonyl (C=O) groups excluding carboxylic acids is 2. The van der Waals surface area contributed by atoms with Crippen LogP contribution in [0.15, 0.2) is 54.6 Å². The van der Waals surface area contributed by atoms with Gasteiger partial charge in [-0.1, -0.05) is 24.3 Å². The zero-order valence-electron chi connectivity index (χ0n) is 18.5. The van der Waals surface area contributed by atoms with Crippen LogP contribution in [-0.4, -0.2) is 43.7 Å². The van der Waals surface area contributed by atoms with Gasteiger partial charge in [0.05, 0.1) is 13.5 Å². The number of anilines is 1. The van der Waals surface area contributed by atoms with Gasteiger partial charge < -0.3 is 24.4 Å². The Labute approximate surface area is 192 Å². The summed E-state index contributed by atoms with van der Waals surface area (Å²) in [6.07, 6.45) is 1.62. The Kier molecular flexibility index (Phi) is 5.77. The molecule has 2 aliphatic heterocycles. The van der Waals surface area contributed by atoms with Crippen LogP contribution < -0.4 is 19.5 Å². The fourth-order valence-corrected chi connectivity index (χ4v) is 4.48. The van der Waals surface area contributed by atoms with Gasteiger partial charge in [-0.25, -0.2) is 0 Å². The van der Waals surface area contributed by atoms with Gasteiger partial charge in [-0.3, -0.25) is 9.59 Å². The summed E-state index contributed by atoms with van der Waals surface area (Å²) >= 11 is 0. The van der Waals surface area contributed by atoms with Crippen LogP contribution in [0.5, 0.6) is 17.2 Å². The highest BCUT2D eigenvalue weighted by molar-refractivity contribution is 5.93. The standard InChI is InChI=1S/C26H26N2O5/c1-31-21-7-5-17-3-2-4-19(22(17)15-21)13-25(29)28-11-9-18(10-12-28)26(30)27-20-6-8-23-24(14-20)33-16-32-23/h2-8,14-15,18H,9-13,16H2,1H3,(H,27,30). The van der Waals surface area contributed by atoms with Gasteiger partial charge >= 0.3 is 0 Å². The largest absolute Gasteiger partial charge is 0.497 e. The van der Waals surface area contributed by atoms with E-state index in [0.29, 0.717) is 49.5 Å². The monoisotopic (exact) mass is 446 g/mol. The van der Waals surface area contributed by atoms with E-state index in [-0.39, 0.29) is 24.5 Å². The van der Waals surface area contributed by atoms with Crippen LogP contribution in [0.3, 0.4) is 0 Å². The molecule has 0 radical (unpaired) electrons. The van der Waals surface area contributed by atoms with Crippen molar-refractivity contribution in [2.45, 2.75) is 19.3 Å². The molecule has 0 aliphatic carbocycles. The third-order valence-corrected chi connectivity index (χ3v) is 6.38. The lowest BCUT2D eigenvalue weighted by molar-refractivity contribution is -0.133. The van der Waals surface area contributed by atoms with Crippen molar-refractivity contribution in [1.29, 1.82) is 0 Å². The number of methoxy groups -OCH3 is 1. The molecule has 33 heavy (non-hydrogen) atoms. The summed E-state index contributed by atoms with van der Waals surface area (Å²) in [5.41, 5.74) is 1.67. The van der Waals surface area contributed by atoms with Gasteiger partial charge in [-0.05, 0) is 53.4 Å². The fourth-order valence-electron chi connectivity index (χ4n) is 4.48. The Balaban J connectivity index is 1.18. The van der Waals surface area contributed by atoms with Gasteiger partial charge in [0.25, 0.3) is 0 Å². The van der Waals surface area contributed by atoms with Gasteiger partial charge in [0, 0.05) is 30.8 Å². The number of hydrogen-bond acceptors (Lipinski definition) is 5. The Morgan fingerprint density at radius 3 is 2.67 bits per heavy atom. The van der Waals surface area contributed by atoms with Crippen LogP contribution in [0.2, 0.25) is 0 Å². The van der Waals surface area contributed by atoms with Gasteiger partial charge in [-0.15, -0.1) is 0 Å². The first-order valence-corrected chi connectivity index (χ1v) is 11.1. The van der Waals surface area contributed by atoms with E-state index in [0.717, 1.165) is 22.1 Å². The molecule has 2 amide bonds. The van der Waals surface area contributed by atoms with Crippen LogP contribution in [0, 0.1) is 5.92 Å². The third-order valence-electron chi connectivity index (χ3n) is 6.38. The lowest BCUT2D eigenvalue weighted by atomic mass is 9.95. The second kappa shape index (κ2) is 9.02. The van der Waals surface area contributed by atoms with E-state index >= 15 is 0 Å². The molecule has 3 aromatic carbocycles. The van der Waals surface area contributed by atoms with Crippen molar-refractivity contribution in [2.24, 2.45) is 5.92 Å². The van der Waals surface area contributed by atoms with E-state index in [1.165, 1.54) is 0 Å². The number of piperidine rings is 1. The Bertz CT molecular complexity index is 1200. The molecule has 2 heterocycles. The number of nitrogens with zero attached hydrogens (tertiary/aromatic N) is 1. The number of likely N-dealkylation sites (tertiary alicyclic amines) is 1. The number of benzene rings is 3. The Hall–Kier alpha value is -3.74. The molecule has 7 nitrogen and oxygen atoms in total. The molecule has 0 spiro atoms. The summed E-state index contributed by atoms with van der Waals surface area (Å²) in [4.78, 5) is 27.6. The first-order valence-electron chi connectivity index (χ1n) is 11.1. The van der Waals surface area contributed by atoms with Gasteiger partial charge in [0.15, 0.2) is 11.5 Å². The molecular weight excluding hydrogens is 420 g/mol. The quantitative estimate of drug-likeness (QED) is 0.641. The molecular formula is C26H26N2O5. The molecule has 2 aliphatic rings. The van der Waals surface area contributed by atoms with Gasteiger partial charge in [-0.2, -0.15) is 0 Å². The summed E-state index contributed by atoms with van der Waals surface area (Å²) in [5, 5.41) is 5.08. The van der Waals surface area contributed by atoms with Crippen LogP contribution in [-0.2, 0) is 16.0 Å². The predicted molar refractivity (Wildman–Crippen MR) is 125 cm³/mol. The lowest BCUT2D eigenvalue weighted by Gasteiger charge is -2.31. The van der Waals surface area contributed by atoms with Crippen LogP contribution >= 0.6 is 0 Å². The maximum Gasteiger partial charge on any atom is 0.231 e. The van der Waals surface area contributed by atoms with Crippen molar-refractivity contribution in [2.75, 3.05) is 32.3 Å². The van der Waals surface area contributed by atoms with Crippen molar-refractivity contribution in [1.82, 2.24) is 4.90 Å². The molecule has 3 aromatic rings. The molecule has 0 saturated carbocycles. The fraction of sp³-hybridized carbons (Fsp3) is 0.308. The van der Waals surface area contributed by atoms with E-state index in [2.05, 4.69) is 5.32 Å². The number of rotatable bonds is 5. The summed E-state index contributed by atoms with van der Waals surface area (Å²) in [7, 11) is 1.64. The number of nitrogens with one attached hydrogen (secondary N) is 1. The summed E-state index contributed by atoms with van der Waals surface area (Å²) in [6.45, 7) is 1.35. The maximum absolute atomic E-state index is 13.0. The normalized spacial score (nSPS) is 15.5. The maximum atomic E-state index is 13.0. The summed E-state index contributed by atoms with van der Waals surface area (Å²) in [6, 6.07) is 17.3. The highest BCUT2D eigenvalue weighted by Gasteiger charge is 2.28. The molecule has 5 rings (SSSR count). The van der Waals surface area contributed by atoms with E-state index in [4.69, 9.17) is 14.2 Å². The average molecular weight is 447 g/mol. The molecule has 0 aromatic heterocycles. The molecule has 7 heteroatoms. The van der Waals surface area contributed by atoms with Crippen molar-refractivity contribution < 1.29 is 23.8 Å². The zero-order chi connectivity index (χ0) is 22.8. The number of carbonyl (C=O) groups is 2. The highest BCUT2D eigenvalue weighted by Crippen LogP contribution is 2.34. The minimum atomic E-state index is -0.124. The second-order valence-corrected chi connectivity index (χ2v) is 8.39. The first-order chi connectivity index (χ1) is 16.1.